The van der Waals surface area contributed by atoms with Crippen LogP contribution in [-0.4, -0.2) is 11.6 Å². The summed E-state index contributed by atoms with van der Waals surface area (Å²) < 4.78 is 10.6. The molecule has 0 aliphatic rings. The summed E-state index contributed by atoms with van der Waals surface area (Å²) in [6.07, 6.45) is 1.65. The second kappa shape index (κ2) is 6.21. The van der Waals surface area contributed by atoms with Gasteiger partial charge in [-0.25, -0.2) is 0 Å². The zero-order chi connectivity index (χ0) is 12.8. The lowest BCUT2D eigenvalue weighted by Crippen LogP contribution is -2.21. The Hall–Kier alpha value is -1.81. The van der Waals surface area contributed by atoms with E-state index < -0.39 is 0 Å². The highest BCUT2D eigenvalue weighted by atomic mass is 32.1. The Morgan fingerprint density at radius 1 is 1.28 bits per heavy atom. The minimum absolute atomic E-state index is 0.596. The summed E-state index contributed by atoms with van der Waals surface area (Å²) in [7, 11) is 0. The normalized spacial score (nSPS) is 10.1. The summed E-state index contributed by atoms with van der Waals surface area (Å²) in [4.78, 5) is 0.703. The molecule has 3 nitrogen and oxygen atoms in total. The lowest BCUT2D eigenvalue weighted by Gasteiger charge is -2.08. The molecule has 0 fully saturated rings. The molecule has 0 unspecified atom stereocenters. The number of ether oxygens (including phenoxy) is 1. The first-order valence-electron chi connectivity index (χ1n) is 5.83. The molecule has 0 atom stereocenters. The standard InChI is InChI=1S/C14H15NO2S/c1-2-16-12-7-5-11(6-8-12)14(18)15-10-13-4-3-9-17-13/h3-9H,2,10H2,1H3,(H,15,18). The second-order valence-corrected chi connectivity index (χ2v) is 4.13. The van der Waals surface area contributed by atoms with Crippen molar-refractivity contribution in [2.45, 2.75) is 13.5 Å². The van der Waals surface area contributed by atoms with E-state index in [0.717, 1.165) is 17.1 Å². The Kier molecular flexibility index (Phi) is 4.36. The van der Waals surface area contributed by atoms with Gasteiger partial charge in [0, 0.05) is 5.56 Å². The Balaban J connectivity index is 1.92. The van der Waals surface area contributed by atoms with Crippen molar-refractivity contribution >= 4 is 17.2 Å². The SMILES string of the molecule is CCOc1ccc(C(=S)NCc2ccco2)cc1. The molecule has 2 rings (SSSR count). The monoisotopic (exact) mass is 261 g/mol. The number of furan rings is 1. The molecule has 2 aromatic rings. The molecule has 0 aliphatic carbocycles. The summed E-state index contributed by atoms with van der Waals surface area (Å²) in [5.41, 5.74) is 0.972. The maximum atomic E-state index is 5.38. The first kappa shape index (κ1) is 12.6. The van der Waals surface area contributed by atoms with E-state index in [2.05, 4.69) is 5.32 Å². The van der Waals surface area contributed by atoms with E-state index in [0.29, 0.717) is 18.1 Å². The zero-order valence-corrected chi connectivity index (χ0v) is 11.0. The summed E-state index contributed by atoms with van der Waals surface area (Å²) in [5, 5.41) is 3.15. The van der Waals surface area contributed by atoms with Crippen LogP contribution in [0.5, 0.6) is 5.75 Å². The quantitative estimate of drug-likeness (QED) is 0.838. The number of nitrogens with one attached hydrogen (secondary N) is 1. The molecule has 0 saturated carbocycles. The van der Waals surface area contributed by atoms with Gasteiger partial charge in [-0.3, -0.25) is 0 Å². The number of benzene rings is 1. The Bertz CT molecular complexity index is 491. The molecule has 94 valence electrons. The fourth-order valence-corrected chi connectivity index (χ4v) is 1.76. The number of hydrogen-bond donors (Lipinski definition) is 1. The average molecular weight is 261 g/mol. The third kappa shape index (κ3) is 3.34. The van der Waals surface area contributed by atoms with Crippen LogP contribution < -0.4 is 10.1 Å². The molecular weight excluding hydrogens is 246 g/mol. The maximum absolute atomic E-state index is 5.38. The van der Waals surface area contributed by atoms with Gasteiger partial charge < -0.3 is 14.5 Å². The fourth-order valence-electron chi connectivity index (χ4n) is 1.55. The van der Waals surface area contributed by atoms with Crippen molar-refractivity contribution in [2.75, 3.05) is 6.61 Å². The first-order chi connectivity index (χ1) is 8.79. The van der Waals surface area contributed by atoms with Gasteiger partial charge in [0.25, 0.3) is 0 Å². The van der Waals surface area contributed by atoms with Crippen LogP contribution in [0.2, 0.25) is 0 Å². The Morgan fingerprint density at radius 3 is 2.67 bits per heavy atom. The predicted molar refractivity (Wildman–Crippen MR) is 74.9 cm³/mol. The molecule has 18 heavy (non-hydrogen) atoms. The fraction of sp³-hybridized carbons (Fsp3) is 0.214. The van der Waals surface area contributed by atoms with E-state index in [1.165, 1.54) is 0 Å². The van der Waals surface area contributed by atoms with Gasteiger partial charge in [0.2, 0.25) is 0 Å². The van der Waals surface area contributed by atoms with E-state index in [1.54, 1.807) is 6.26 Å². The van der Waals surface area contributed by atoms with E-state index in [-0.39, 0.29) is 0 Å². The summed E-state index contributed by atoms with van der Waals surface area (Å²) in [6, 6.07) is 11.5. The van der Waals surface area contributed by atoms with Gasteiger partial charge in [-0.15, -0.1) is 0 Å². The lowest BCUT2D eigenvalue weighted by atomic mass is 10.2. The highest BCUT2D eigenvalue weighted by molar-refractivity contribution is 7.80. The van der Waals surface area contributed by atoms with Gasteiger partial charge in [0.1, 0.15) is 16.5 Å². The predicted octanol–water partition coefficient (Wildman–Crippen LogP) is 3.14. The van der Waals surface area contributed by atoms with Crippen molar-refractivity contribution in [3.05, 3.63) is 54.0 Å². The van der Waals surface area contributed by atoms with Gasteiger partial charge in [0.05, 0.1) is 19.4 Å². The minimum atomic E-state index is 0.596. The van der Waals surface area contributed by atoms with Crippen LogP contribution in [0.4, 0.5) is 0 Å². The van der Waals surface area contributed by atoms with Crippen LogP contribution in [0.15, 0.2) is 47.1 Å². The highest BCUT2D eigenvalue weighted by Crippen LogP contribution is 2.12. The van der Waals surface area contributed by atoms with Crippen LogP contribution in [0.25, 0.3) is 0 Å². The first-order valence-corrected chi connectivity index (χ1v) is 6.24. The number of rotatable bonds is 5. The van der Waals surface area contributed by atoms with Crippen molar-refractivity contribution in [1.29, 1.82) is 0 Å². The van der Waals surface area contributed by atoms with Crippen molar-refractivity contribution in [3.8, 4) is 5.75 Å². The van der Waals surface area contributed by atoms with Crippen LogP contribution in [-0.2, 0) is 6.54 Å². The molecule has 1 heterocycles. The van der Waals surface area contributed by atoms with Crippen LogP contribution in [0, 0.1) is 0 Å². The molecule has 1 N–H and O–H groups in total. The maximum Gasteiger partial charge on any atom is 0.122 e. The summed E-state index contributed by atoms with van der Waals surface area (Å²) in [5.74, 6) is 1.72. The van der Waals surface area contributed by atoms with Crippen molar-refractivity contribution in [2.24, 2.45) is 0 Å². The molecule has 1 aromatic carbocycles. The third-order valence-corrected chi connectivity index (χ3v) is 2.81. The molecule has 1 aromatic heterocycles. The molecule has 4 heteroatoms. The van der Waals surface area contributed by atoms with E-state index in [9.17, 15) is 0 Å². The molecule has 0 radical (unpaired) electrons. The molecule has 0 bridgehead atoms. The number of hydrogen-bond acceptors (Lipinski definition) is 3. The average Bonchev–Trinajstić information content (AvgIpc) is 2.90. The summed E-state index contributed by atoms with van der Waals surface area (Å²) >= 11 is 5.31. The van der Waals surface area contributed by atoms with E-state index in [1.807, 2.05) is 43.3 Å². The third-order valence-electron chi connectivity index (χ3n) is 2.43. The van der Waals surface area contributed by atoms with E-state index >= 15 is 0 Å². The molecular formula is C14H15NO2S. The van der Waals surface area contributed by atoms with Gasteiger partial charge in [-0.2, -0.15) is 0 Å². The summed E-state index contributed by atoms with van der Waals surface area (Å²) in [6.45, 7) is 3.23. The van der Waals surface area contributed by atoms with Crippen molar-refractivity contribution in [1.82, 2.24) is 5.32 Å². The van der Waals surface area contributed by atoms with Gasteiger partial charge in [0.15, 0.2) is 0 Å². The molecule has 0 saturated heterocycles. The van der Waals surface area contributed by atoms with Crippen LogP contribution in [0.1, 0.15) is 18.2 Å². The van der Waals surface area contributed by atoms with Gasteiger partial charge in [-0.05, 0) is 43.3 Å². The van der Waals surface area contributed by atoms with Gasteiger partial charge >= 0.3 is 0 Å². The zero-order valence-electron chi connectivity index (χ0n) is 10.2. The second-order valence-electron chi connectivity index (χ2n) is 3.72. The van der Waals surface area contributed by atoms with Crippen molar-refractivity contribution < 1.29 is 9.15 Å². The molecule has 0 spiro atoms. The minimum Gasteiger partial charge on any atom is -0.494 e. The largest absolute Gasteiger partial charge is 0.494 e. The lowest BCUT2D eigenvalue weighted by molar-refractivity contribution is 0.340. The van der Waals surface area contributed by atoms with Crippen LogP contribution >= 0.6 is 12.2 Å². The smallest absolute Gasteiger partial charge is 0.122 e. The van der Waals surface area contributed by atoms with Crippen molar-refractivity contribution in [3.63, 3.8) is 0 Å². The molecule has 0 aliphatic heterocycles. The topological polar surface area (TPSA) is 34.4 Å². The number of thiocarbonyl (C=S) groups is 1. The van der Waals surface area contributed by atoms with Gasteiger partial charge in [-0.1, -0.05) is 12.2 Å². The molecule has 0 amide bonds. The Morgan fingerprint density at radius 2 is 2.06 bits per heavy atom. The van der Waals surface area contributed by atoms with E-state index in [4.69, 9.17) is 21.4 Å². The highest BCUT2D eigenvalue weighted by Gasteiger charge is 2.02. The Labute approximate surface area is 112 Å². The van der Waals surface area contributed by atoms with Crippen LogP contribution in [0.3, 0.4) is 0 Å².